The Balaban J connectivity index is 1.33. The van der Waals surface area contributed by atoms with Crippen LogP contribution in [-0.4, -0.2) is 65.0 Å². The second-order valence-corrected chi connectivity index (χ2v) is 11.3. The van der Waals surface area contributed by atoms with Gasteiger partial charge in [0.1, 0.15) is 23.6 Å². The number of fused-ring (bicyclic) bond motifs is 4. The summed E-state index contributed by atoms with van der Waals surface area (Å²) in [5, 5.41) is 19.6. The summed E-state index contributed by atoms with van der Waals surface area (Å²) in [4.78, 5) is 16.1. The van der Waals surface area contributed by atoms with Crippen LogP contribution < -0.4 is 20.3 Å². The summed E-state index contributed by atoms with van der Waals surface area (Å²) >= 11 is 6.57. The van der Waals surface area contributed by atoms with Gasteiger partial charge in [0.05, 0.1) is 12.0 Å². The van der Waals surface area contributed by atoms with Crippen molar-refractivity contribution in [2.75, 3.05) is 37.7 Å². The maximum Gasteiger partial charge on any atom is 0.319 e. The summed E-state index contributed by atoms with van der Waals surface area (Å²) < 4.78 is 22.6. The standard InChI is InChI=1S/C31H30ClFN6O2/c32-25-8-2-5-18-4-1-7-23(26(18)25)28-27(33)29-24(13-35-28)30(39-14-21-9-10-22(15-39)36-21)38-31(37-29)41-17-20(16-40)19-6-3-11-34-12-19/h1-8,11,13,20-22,34,36,40H,9-10,12,14-17H2. The maximum atomic E-state index is 16.5. The number of rotatable bonds is 7. The highest BCUT2D eigenvalue weighted by molar-refractivity contribution is 6.36. The summed E-state index contributed by atoms with van der Waals surface area (Å²) in [6.07, 6.45) is 9.58. The van der Waals surface area contributed by atoms with E-state index in [1.165, 1.54) is 0 Å². The van der Waals surface area contributed by atoms with Gasteiger partial charge in [-0.3, -0.25) is 4.98 Å². The van der Waals surface area contributed by atoms with Gasteiger partial charge in [-0.25, -0.2) is 4.39 Å². The van der Waals surface area contributed by atoms with Gasteiger partial charge in [-0.1, -0.05) is 48.0 Å². The number of dihydropyridines is 1. The van der Waals surface area contributed by atoms with Gasteiger partial charge in [0.25, 0.3) is 0 Å². The van der Waals surface area contributed by atoms with Gasteiger partial charge >= 0.3 is 6.01 Å². The smallest absolute Gasteiger partial charge is 0.319 e. The van der Waals surface area contributed by atoms with E-state index in [1.54, 1.807) is 12.3 Å². The summed E-state index contributed by atoms with van der Waals surface area (Å²) in [6.45, 7) is 2.21. The Morgan fingerprint density at radius 2 is 1.93 bits per heavy atom. The monoisotopic (exact) mass is 572 g/mol. The Morgan fingerprint density at radius 1 is 1.12 bits per heavy atom. The fourth-order valence-corrected chi connectivity index (χ4v) is 6.47. The van der Waals surface area contributed by atoms with Crippen molar-refractivity contribution in [1.82, 2.24) is 25.6 Å². The number of nitrogens with zero attached hydrogens (tertiary/aromatic N) is 4. The van der Waals surface area contributed by atoms with Gasteiger partial charge in [0.2, 0.25) is 0 Å². The molecule has 7 rings (SSSR count). The number of halogens is 2. The second kappa shape index (κ2) is 10.9. The number of nitrogens with one attached hydrogen (secondary N) is 2. The van der Waals surface area contributed by atoms with Crippen LogP contribution in [0.4, 0.5) is 10.2 Å². The third kappa shape index (κ3) is 4.88. The molecule has 3 aliphatic rings. The average molecular weight is 573 g/mol. The molecule has 2 saturated heterocycles. The van der Waals surface area contributed by atoms with Crippen LogP contribution in [0.2, 0.25) is 5.02 Å². The van der Waals surface area contributed by atoms with Gasteiger partial charge in [-0.05, 0) is 42.1 Å². The molecule has 3 atom stereocenters. The summed E-state index contributed by atoms with van der Waals surface area (Å²) in [6, 6.07) is 12.0. The molecule has 5 heterocycles. The lowest BCUT2D eigenvalue weighted by Crippen LogP contribution is -2.51. The molecule has 2 bridgehead atoms. The highest BCUT2D eigenvalue weighted by Crippen LogP contribution is 2.38. The molecule has 4 aromatic rings. The first-order chi connectivity index (χ1) is 20.1. The summed E-state index contributed by atoms with van der Waals surface area (Å²) in [7, 11) is 0. The normalized spacial score (nSPS) is 20.8. The molecule has 10 heteroatoms. The lowest BCUT2D eigenvalue weighted by molar-refractivity contribution is 0.175. The van der Waals surface area contributed by atoms with Crippen molar-refractivity contribution in [3.63, 3.8) is 0 Å². The molecule has 0 spiro atoms. The Labute approximate surface area is 241 Å². The highest BCUT2D eigenvalue weighted by atomic mass is 35.5. The quantitative estimate of drug-likeness (QED) is 0.296. The van der Waals surface area contributed by atoms with Crippen LogP contribution in [0, 0.1) is 11.7 Å². The molecule has 8 nitrogen and oxygen atoms in total. The predicted octanol–water partition coefficient (Wildman–Crippen LogP) is 4.61. The maximum absolute atomic E-state index is 16.5. The molecule has 0 amide bonds. The number of aliphatic hydroxyl groups excluding tert-OH is 1. The van der Waals surface area contributed by atoms with Gasteiger partial charge in [0.15, 0.2) is 5.82 Å². The topological polar surface area (TPSA) is 95.4 Å². The van der Waals surface area contributed by atoms with Crippen molar-refractivity contribution in [3.8, 4) is 17.3 Å². The number of ether oxygens (including phenoxy) is 1. The molecule has 3 unspecified atom stereocenters. The molecule has 2 aromatic heterocycles. The van der Waals surface area contributed by atoms with Gasteiger partial charge < -0.3 is 25.4 Å². The van der Waals surface area contributed by atoms with Crippen molar-refractivity contribution in [2.24, 2.45) is 5.92 Å². The second-order valence-electron chi connectivity index (χ2n) is 10.9. The van der Waals surface area contributed by atoms with Crippen LogP contribution in [0.25, 0.3) is 32.9 Å². The number of anilines is 1. The molecule has 3 aliphatic heterocycles. The van der Waals surface area contributed by atoms with E-state index in [0.717, 1.165) is 42.3 Å². The molecule has 0 aliphatic carbocycles. The third-order valence-corrected chi connectivity index (χ3v) is 8.57. The molecule has 2 fully saturated rings. The van der Waals surface area contributed by atoms with Crippen molar-refractivity contribution < 1.29 is 14.2 Å². The number of aromatic nitrogens is 3. The third-order valence-electron chi connectivity index (χ3n) is 8.26. The Morgan fingerprint density at radius 3 is 2.68 bits per heavy atom. The number of aliphatic hydroxyl groups is 1. The molecule has 0 saturated carbocycles. The minimum atomic E-state index is -0.551. The lowest BCUT2D eigenvalue weighted by atomic mass is 9.99. The van der Waals surface area contributed by atoms with E-state index in [-0.39, 0.29) is 36.4 Å². The zero-order valence-corrected chi connectivity index (χ0v) is 23.1. The first-order valence-corrected chi connectivity index (χ1v) is 14.3. The SMILES string of the molecule is OCC(COc1nc(N2CC3CCC(C2)N3)c2cnc(-c3cccc4cccc(Cl)c34)c(F)c2n1)C1=CC=CNC1. The van der Waals surface area contributed by atoms with Crippen LogP contribution in [0.15, 0.2) is 66.5 Å². The fraction of sp³-hybridized carbons (Fsp3) is 0.323. The minimum absolute atomic E-state index is 0.0729. The van der Waals surface area contributed by atoms with Crippen LogP contribution in [-0.2, 0) is 0 Å². The van der Waals surface area contributed by atoms with E-state index in [0.29, 0.717) is 40.4 Å². The van der Waals surface area contributed by atoms with E-state index >= 15 is 4.39 Å². The first-order valence-electron chi connectivity index (χ1n) is 14.0. The largest absolute Gasteiger partial charge is 0.463 e. The summed E-state index contributed by atoms with van der Waals surface area (Å²) in [5.41, 5.74) is 1.93. The lowest BCUT2D eigenvalue weighted by Gasteiger charge is -2.34. The molecule has 2 aromatic carbocycles. The van der Waals surface area contributed by atoms with E-state index in [4.69, 9.17) is 21.3 Å². The molecule has 0 radical (unpaired) electrons. The van der Waals surface area contributed by atoms with Crippen molar-refractivity contribution in [1.29, 1.82) is 0 Å². The highest BCUT2D eigenvalue weighted by Gasteiger charge is 2.34. The molecular weight excluding hydrogens is 543 g/mol. The Bertz CT molecular complexity index is 1680. The molecule has 41 heavy (non-hydrogen) atoms. The minimum Gasteiger partial charge on any atom is -0.463 e. The fourth-order valence-electron chi connectivity index (χ4n) is 6.19. The van der Waals surface area contributed by atoms with E-state index < -0.39 is 5.82 Å². The number of hydrogen-bond donors (Lipinski definition) is 3. The van der Waals surface area contributed by atoms with Crippen molar-refractivity contribution >= 4 is 39.1 Å². The average Bonchev–Trinajstić information content (AvgIpc) is 3.35. The number of piperazine rings is 1. The Kier molecular flexibility index (Phi) is 6.94. The number of benzene rings is 2. The van der Waals surface area contributed by atoms with Gasteiger partial charge in [0, 0.05) is 59.8 Å². The number of allylic oxidation sites excluding steroid dienone is 2. The van der Waals surface area contributed by atoms with E-state index in [2.05, 4.69) is 25.5 Å². The molecule has 3 N–H and O–H groups in total. The van der Waals surface area contributed by atoms with Crippen LogP contribution in [0.5, 0.6) is 6.01 Å². The number of hydrogen-bond acceptors (Lipinski definition) is 8. The zero-order chi connectivity index (χ0) is 27.9. The zero-order valence-electron chi connectivity index (χ0n) is 22.4. The molecular formula is C31H30ClFN6O2. The molecule has 210 valence electrons. The van der Waals surface area contributed by atoms with Crippen molar-refractivity contribution in [2.45, 2.75) is 24.9 Å². The van der Waals surface area contributed by atoms with Crippen molar-refractivity contribution in [3.05, 3.63) is 77.4 Å². The van der Waals surface area contributed by atoms with E-state index in [1.807, 2.05) is 48.7 Å². The van der Waals surface area contributed by atoms with Gasteiger partial charge in [-0.2, -0.15) is 9.97 Å². The van der Waals surface area contributed by atoms with Crippen LogP contribution in [0.1, 0.15) is 12.8 Å². The first kappa shape index (κ1) is 26.1. The van der Waals surface area contributed by atoms with Gasteiger partial charge in [-0.15, -0.1) is 0 Å². The predicted molar refractivity (Wildman–Crippen MR) is 159 cm³/mol. The van der Waals surface area contributed by atoms with Crippen LogP contribution >= 0.6 is 11.6 Å². The Hall–Kier alpha value is -3.79. The number of pyridine rings is 1. The van der Waals surface area contributed by atoms with E-state index in [9.17, 15) is 5.11 Å². The van der Waals surface area contributed by atoms with Crippen LogP contribution in [0.3, 0.4) is 0 Å². The summed E-state index contributed by atoms with van der Waals surface area (Å²) in [5.74, 6) is -0.190.